The first-order chi connectivity index (χ1) is 19.0. The Hall–Kier alpha value is -3.44. The molecule has 202 valence electrons. The summed E-state index contributed by atoms with van der Waals surface area (Å²) in [6.45, 7) is 0.153. The van der Waals surface area contributed by atoms with Crippen LogP contribution in [0.2, 0.25) is 0 Å². The van der Waals surface area contributed by atoms with Gasteiger partial charge >= 0.3 is 5.97 Å². The minimum Gasteiger partial charge on any atom is -0.448 e. The molecular formula is C29H28N2O6S2. The van der Waals surface area contributed by atoms with Gasteiger partial charge in [-0.3, -0.25) is 14.5 Å². The van der Waals surface area contributed by atoms with Crippen LogP contribution in [0, 0.1) is 0 Å². The Morgan fingerprint density at radius 2 is 1.69 bits per heavy atom. The Morgan fingerprint density at radius 3 is 2.26 bits per heavy atom. The molecule has 0 spiro atoms. The van der Waals surface area contributed by atoms with Crippen LogP contribution in [-0.2, 0) is 35.0 Å². The van der Waals surface area contributed by atoms with Gasteiger partial charge in [0.15, 0.2) is 6.10 Å². The van der Waals surface area contributed by atoms with Crippen LogP contribution in [0.5, 0.6) is 0 Å². The van der Waals surface area contributed by atoms with E-state index in [0.717, 1.165) is 16.0 Å². The highest BCUT2D eigenvalue weighted by atomic mass is 32.2. The van der Waals surface area contributed by atoms with E-state index in [1.165, 1.54) is 42.2 Å². The van der Waals surface area contributed by atoms with Crippen molar-refractivity contribution in [1.29, 1.82) is 0 Å². The quantitative estimate of drug-likeness (QED) is 0.227. The van der Waals surface area contributed by atoms with Gasteiger partial charge in [-0.25, -0.2) is 4.79 Å². The van der Waals surface area contributed by atoms with E-state index in [9.17, 15) is 14.4 Å². The van der Waals surface area contributed by atoms with Crippen molar-refractivity contribution >= 4 is 40.9 Å². The molecule has 0 aliphatic carbocycles. The molecule has 1 aromatic heterocycles. The number of nitrogens with one attached hydrogen (secondary N) is 1. The van der Waals surface area contributed by atoms with Crippen LogP contribution in [0.3, 0.4) is 0 Å². The molecule has 2 atom stereocenters. The number of hydrogen-bond donors (Lipinski definition) is 1. The van der Waals surface area contributed by atoms with Crippen LogP contribution >= 0.6 is 23.1 Å². The number of fused-ring (bicyclic) bond motifs is 1. The fraction of sp³-hybridized carbons (Fsp3) is 0.276. The van der Waals surface area contributed by atoms with Crippen LogP contribution in [-0.4, -0.2) is 60.4 Å². The largest absolute Gasteiger partial charge is 0.448 e. The Bertz CT molecular complexity index is 1320. The molecule has 3 heterocycles. The number of rotatable bonds is 10. The highest BCUT2D eigenvalue weighted by molar-refractivity contribution is 8.00. The summed E-state index contributed by atoms with van der Waals surface area (Å²) in [6.07, 6.45) is -0.554. The number of methoxy groups -OCH3 is 2. The molecule has 0 bridgehead atoms. The van der Waals surface area contributed by atoms with Crippen LogP contribution in [0.1, 0.15) is 22.1 Å². The molecule has 1 N–H and O–H groups in total. The third-order valence-electron chi connectivity index (χ3n) is 6.61. The molecule has 8 nitrogen and oxygen atoms in total. The van der Waals surface area contributed by atoms with Gasteiger partial charge < -0.3 is 19.5 Å². The van der Waals surface area contributed by atoms with Crippen molar-refractivity contribution in [2.75, 3.05) is 26.6 Å². The second-order valence-corrected chi connectivity index (χ2v) is 11.2. The maximum atomic E-state index is 13.8. The zero-order valence-corrected chi connectivity index (χ0v) is 23.1. The average Bonchev–Trinajstić information content (AvgIpc) is 3.48. The SMILES string of the molecule is COCC1=C(C(=O)OC(c2ccccc2)c2ccccc2)N2C(=O)C(NC(=O)Cc3cccs3)(OC)[C@H]2SC1. The summed E-state index contributed by atoms with van der Waals surface area (Å²) in [6, 6.07) is 22.6. The Morgan fingerprint density at radius 1 is 1.03 bits per heavy atom. The molecule has 2 aromatic carbocycles. The zero-order valence-electron chi connectivity index (χ0n) is 21.5. The summed E-state index contributed by atoms with van der Waals surface area (Å²) in [4.78, 5) is 42.6. The molecule has 0 saturated carbocycles. The summed E-state index contributed by atoms with van der Waals surface area (Å²) < 4.78 is 17.1. The van der Waals surface area contributed by atoms with Gasteiger partial charge in [0.1, 0.15) is 11.1 Å². The number of ether oxygens (including phenoxy) is 3. The van der Waals surface area contributed by atoms with Crippen molar-refractivity contribution in [3.8, 4) is 0 Å². The summed E-state index contributed by atoms with van der Waals surface area (Å²) in [7, 11) is 2.92. The van der Waals surface area contributed by atoms with Gasteiger partial charge in [0.2, 0.25) is 5.91 Å². The molecular weight excluding hydrogens is 536 g/mol. The monoisotopic (exact) mass is 564 g/mol. The summed E-state index contributed by atoms with van der Waals surface area (Å²) >= 11 is 2.86. The van der Waals surface area contributed by atoms with Crippen molar-refractivity contribution in [3.63, 3.8) is 0 Å². The highest BCUT2D eigenvalue weighted by Crippen LogP contribution is 2.47. The molecule has 1 unspecified atom stereocenters. The summed E-state index contributed by atoms with van der Waals surface area (Å²) in [5.41, 5.74) is 0.778. The van der Waals surface area contributed by atoms with Crippen molar-refractivity contribution < 1.29 is 28.6 Å². The Balaban J connectivity index is 1.43. The van der Waals surface area contributed by atoms with E-state index in [0.29, 0.717) is 11.3 Å². The van der Waals surface area contributed by atoms with E-state index < -0.39 is 29.1 Å². The number of carbonyl (C=O) groups is 3. The van der Waals surface area contributed by atoms with Gasteiger partial charge in [0.25, 0.3) is 11.6 Å². The predicted molar refractivity (Wildman–Crippen MR) is 149 cm³/mol. The number of carbonyl (C=O) groups excluding carboxylic acids is 3. The van der Waals surface area contributed by atoms with Crippen molar-refractivity contribution in [3.05, 3.63) is 105 Å². The van der Waals surface area contributed by atoms with E-state index in [4.69, 9.17) is 14.2 Å². The lowest BCUT2D eigenvalue weighted by molar-refractivity contribution is -0.193. The number of thioether (sulfide) groups is 1. The van der Waals surface area contributed by atoms with Crippen LogP contribution < -0.4 is 5.32 Å². The maximum Gasteiger partial charge on any atom is 0.356 e. The van der Waals surface area contributed by atoms with Crippen molar-refractivity contribution in [2.45, 2.75) is 23.6 Å². The predicted octanol–water partition coefficient (Wildman–Crippen LogP) is 3.90. The van der Waals surface area contributed by atoms with Crippen LogP contribution in [0.4, 0.5) is 0 Å². The number of hydrogen-bond acceptors (Lipinski definition) is 8. The first kappa shape index (κ1) is 27.1. The number of nitrogens with zero attached hydrogens (tertiary/aromatic N) is 1. The smallest absolute Gasteiger partial charge is 0.356 e. The minimum atomic E-state index is -1.58. The first-order valence-electron chi connectivity index (χ1n) is 12.3. The van der Waals surface area contributed by atoms with E-state index in [2.05, 4.69) is 5.32 Å². The second-order valence-electron chi connectivity index (χ2n) is 9.07. The van der Waals surface area contributed by atoms with Gasteiger partial charge in [-0.15, -0.1) is 23.1 Å². The fourth-order valence-corrected chi connectivity index (χ4v) is 6.91. The lowest BCUT2D eigenvalue weighted by Crippen LogP contribution is -2.80. The number of thiophene rings is 1. The molecule has 39 heavy (non-hydrogen) atoms. The Kier molecular flexibility index (Phi) is 8.18. The van der Waals surface area contributed by atoms with Gasteiger partial charge in [0, 0.05) is 24.8 Å². The highest BCUT2D eigenvalue weighted by Gasteiger charge is 2.66. The number of β-lactam (4-membered cyclic amide) rings is 1. The maximum absolute atomic E-state index is 13.8. The number of esters is 1. The van der Waals surface area contributed by atoms with Crippen LogP contribution in [0.25, 0.3) is 0 Å². The van der Waals surface area contributed by atoms with Gasteiger partial charge in [0.05, 0.1) is 13.0 Å². The van der Waals surface area contributed by atoms with Crippen molar-refractivity contribution in [1.82, 2.24) is 10.2 Å². The molecule has 2 aliphatic rings. The molecule has 5 rings (SSSR count). The van der Waals surface area contributed by atoms with E-state index in [1.807, 2.05) is 78.2 Å². The summed E-state index contributed by atoms with van der Waals surface area (Å²) in [5.74, 6) is -1.11. The third kappa shape index (κ3) is 5.25. The third-order valence-corrected chi connectivity index (χ3v) is 8.86. The van der Waals surface area contributed by atoms with Gasteiger partial charge in [-0.1, -0.05) is 66.7 Å². The van der Waals surface area contributed by atoms with Gasteiger partial charge in [-0.05, 0) is 28.1 Å². The van der Waals surface area contributed by atoms with E-state index in [1.54, 1.807) is 0 Å². The number of amides is 2. The molecule has 1 saturated heterocycles. The van der Waals surface area contributed by atoms with Crippen molar-refractivity contribution in [2.24, 2.45) is 0 Å². The molecule has 2 amide bonds. The first-order valence-corrected chi connectivity index (χ1v) is 14.3. The second kappa shape index (κ2) is 11.7. The zero-order chi connectivity index (χ0) is 27.4. The summed E-state index contributed by atoms with van der Waals surface area (Å²) in [5, 5.41) is 4.04. The molecule has 0 radical (unpaired) electrons. The lowest BCUT2D eigenvalue weighted by Gasteiger charge is -2.56. The molecule has 2 aliphatic heterocycles. The standard InChI is InChI=1S/C29H28N2O6S2/c1-35-17-21-18-39-28-29(36-2,30-23(32)16-22-14-9-15-38-22)27(34)31(28)24(21)26(33)37-25(19-10-5-3-6-11-19)20-12-7-4-8-13-20/h3-15,25,28H,16-18H2,1-2H3,(H,30,32)/t28-,29?/m1/s1. The van der Waals surface area contributed by atoms with E-state index in [-0.39, 0.29) is 24.6 Å². The normalized spacial score (nSPS) is 20.4. The Labute approximate surface area is 234 Å². The molecule has 3 aromatic rings. The number of benzene rings is 2. The topological polar surface area (TPSA) is 94.2 Å². The minimum absolute atomic E-state index is 0.127. The van der Waals surface area contributed by atoms with Gasteiger partial charge in [-0.2, -0.15) is 0 Å². The average molecular weight is 565 g/mol. The lowest BCUT2D eigenvalue weighted by atomic mass is 9.97. The van der Waals surface area contributed by atoms with E-state index >= 15 is 0 Å². The molecule has 10 heteroatoms. The fourth-order valence-electron chi connectivity index (χ4n) is 4.79. The van der Waals surface area contributed by atoms with Crippen LogP contribution in [0.15, 0.2) is 89.4 Å². The molecule has 1 fully saturated rings.